The number of amides is 1. The molecule has 2 aromatic rings. The third kappa shape index (κ3) is 1.56. The van der Waals surface area contributed by atoms with Gasteiger partial charge < -0.3 is 4.90 Å². The fraction of sp³-hybridized carbons (Fsp3) is 0.455. The van der Waals surface area contributed by atoms with E-state index in [1.165, 1.54) is 0 Å². The van der Waals surface area contributed by atoms with Gasteiger partial charge in [-0.2, -0.15) is 0 Å². The Balaban J connectivity index is 1.92. The Hall–Kier alpha value is -1.98. The molecule has 2 aromatic heterocycles. The Morgan fingerprint density at radius 3 is 2.94 bits per heavy atom. The van der Waals surface area contributed by atoms with Gasteiger partial charge in [-0.25, -0.2) is 9.67 Å². The van der Waals surface area contributed by atoms with Crippen molar-refractivity contribution in [2.45, 2.75) is 6.92 Å². The first-order valence-corrected chi connectivity index (χ1v) is 5.60. The first kappa shape index (κ1) is 10.2. The van der Waals surface area contributed by atoms with Gasteiger partial charge in [0.1, 0.15) is 5.52 Å². The Morgan fingerprint density at radius 2 is 2.24 bits per heavy atom. The number of carbonyl (C=O) groups is 1. The summed E-state index contributed by atoms with van der Waals surface area (Å²) in [5.74, 6) is 0.635. The van der Waals surface area contributed by atoms with E-state index in [1.54, 1.807) is 24.0 Å². The first-order valence-electron chi connectivity index (χ1n) is 5.60. The van der Waals surface area contributed by atoms with E-state index in [0.29, 0.717) is 22.6 Å². The van der Waals surface area contributed by atoms with Crippen molar-refractivity contribution in [1.82, 2.24) is 24.9 Å². The fourth-order valence-corrected chi connectivity index (χ4v) is 2.09. The van der Waals surface area contributed by atoms with Crippen LogP contribution in [0.4, 0.5) is 0 Å². The van der Waals surface area contributed by atoms with Gasteiger partial charge in [-0.15, -0.1) is 5.10 Å². The largest absolute Gasteiger partial charge is 0.338 e. The molecular weight excluding hydrogens is 218 g/mol. The minimum Gasteiger partial charge on any atom is -0.338 e. The van der Waals surface area contributed by atoms with Crippen molar-refractivity contribution in [2.75, 3.05) is 13.1 Å². The smallest absolute Gasteiger partial charge is 0.255 e. The first-order chi connectivity index (χ1) is 8.15. The number of fused-ring (bicyclic) bond motifs is 1. The fourth-order valence-electron chi connectivity index (χ4n) is 2.09. The van der Waals surface area contributed by atoms with E-state index < -0.39 is 0 Å². The number of hydrogen-bond donors (Lipinski definition) is 0. The number of aromatic nitrogens is 4. The van der Waals surface area contributed by atoms with Crippen LogP contribution in [0.3, 0.4) is 0 Å². The number of nitrogens with zero attached hydrogens (tertiary/aromatic N) is 5. The summed E-state index contributed by atoms with van der Waals surface area (Å²) in [6.45, 7) is 3.79. The second kappa shape index (κ2) is 3.51. The highest BCUT2D eigenvalue weighted by atomic mass is 16.2. The van der Waals surface area contributed by atoms with Gasteiger partial charge >= 0.3 is 0 Å². The summed E-state index contributed by atoms with van der Waals surface area (Å²) < 4.78 is 1.59. The lowest BCUT2D eigenvalue weighted by atomic mass is 10.0. The summed E-state index contributed by atoms with van der Waals surface area (Å²) in [5.41, 5.74) is 1.94. The number of hydrogen-bond acceptors (Lipinski definition) is 4. The molecule has 88 valence electrons. The Morgan fingerprint density at radius 1 is 1.47 bits per heavy atom. The van der Waals surface area contributed by atoms with Crippen LogP contribution in [0.25, 0.3) is 11.2 Å². The average molecular weight is 231 g/mol. The molecule has 17 heavy (non-hydrogen) atoms. The molecule has 0 atom stereocenters. The van der Waals surface area contributed by atoms with Crippen molar-refractivity contribution in [2.24, 2.45) is 13.0 Å². The molecule has 1 fully saturated rings. The van der Waals surface area contributed by atoms with Crippen molar-refractivity contribution >= 4 is 17.1 Å². The van der Waals surface area contributed by atoms with Crippen LogP contribution in [0.2, 0.25) is 0 Å². The van der Waals surface area contributed by atoms with Crippen molar-refractivity contribution in [1.29, 1.82) is 0 Å². The number of likely N-dealkylation sites (tertiary alicyclic amines) is 1. The Kier molecular flexibility index (Phi) is 2.10. The van der Waals surface area contributed by atoms with Gasteiger partial charge in [-0.1, -0.05) is 12.1 Å². The quantitative estimate of drug-likeness (QED) is 0.715. The molecule has 0 unspecified atom stereocenters. The highest BCUT2D eigenvalue weighted by molar-refractivity contribution is 5.96. The van der Waals surface area contributed by atoms with Gasteiger partial charge in [0.2, 0.25) is 0 Å². The molecule has 0 radical (unpaired) electrons. The van der Waals surface area contributed by atoms with Crippen molar-refractivity contribution in [3.8, 4) is 0 Å². The van der Waals surface area contributed by atoms with Gasteiger partial charge in [0.25, 0.3) is 5.91 Å². The van der Waals surface area contributed by atoms with Crippen LogP contribution < -0.4 is 0 Å². The molecule has 1 amide bonds. The van der Waals surface area contributed by atoms with Gasteiger partial charge in [0.15, 0.2) is 5.65 Å². The molecule has 1 aliphatic rings. The third-order valence-corrected chi connectivity index (χ3v) is 3.04. The molecule has 6 nitrogen and oxygen atoms in total. The van der Waals surface area contributed by atoms with E-state index in [1.807, 2.05) is 4.90 Å². The molecule has 3 heterocycles. The second-order valence-electron chi connectivity index (χ2n) is 4.60. The molecule has 3 rings (SSSR count). The highest BCUT2D eigenvalue weighted by Gasteiger charge is 2.28. The lowest BCUT2D eigenvalue weighted by Gasteiger charge is -2.37. The highest BCUT2D eigenvalue weighted by Crippen LogP contribution is 2.18. The zero-order chi connectivity index (χ0) is 12.0. The molecular formula is C11H13N5O. The number of rotatable bonds is 1. The number of pyridine rings is 1. The lowest BCUT2D eigenvalue weighted by molar-refractivity contribution is 0.0530. The molecule has 0 aliphatic carbocycles. The molecule has 1 saturated heterocycles. The Labute approximate surface area is 98.2 Å². The van der Waals surface area contributed by atoms with Crippen molar-refractivity contribution in [3.63, 3.8) is 0 Å². The van der Waals surface area contributed by atoms with Crippen LogP contribution in [0, 0.1) is 5.92 Å². The van der Waals surface area contributed by atoms with Crippen LogP contribution in [0.1, 0.15) is 17.3 Å². The maximum atomic E-state index is 12.1. The number of aryl methyl sites for hydroxylation is 1. The van der Waals surface area contributed by atoms with Gasteiger partial charge in [-0.3, -0.25) is 4.79 Å². The predicted molar refractivity (Wildman–Crippen MR) is 61.4 cm³/mol. The van der Waals surface area contributed by atoms with Crippen LogP contribution in [-0.4, -0.2) is 43.9 Å². The summed E-state index contributed by atoms with van der Waals surface area (Å²) in [5, 5.41) is 7.83. The summed E-state index contributed by atoms with van der Waals surface area (Å²) in [6.07, 6.45) is 1.59. The summed E-state index contributed by atoms with van der Waals surface area (Å²) in [7, 11) is 1.78. The van der Waals surface area contributed by atoms with Crippen molar-refractivity contribution < 1.29 is 4.79 Å². The molecule has 0 spiro atoms. The van der Waals surface area contributed by atoms with E-state index in [2.05, 4.69) is 22.2 Å². The average Bonchev–Trinajstić information content (AvgIpc) is 2.66. The predicted octanol–water partition coefficient (Wildman–Crippen LogP) is 0.455. The summed E-state index contributed by atoms with van der Waals surface area (Å²) in [6, 6.07) is 1.75. The van der Waals surface area contributed by atoms with Crippen LogP contribution in [0.5, 0.6) is 0 Å². The lowest BCUT2D eigenvalue weighted by Crippen LogP contribution is -2.48. The van der Waals surface area contributed by atoms with Crippen LogP contribution in [-0.2, 0) is 7.05 Å². The molecule has 0 bridgehead atoms. The normalized spacial score (nSPS) is 16.2. The molecule has 0 saturated carbocycles. The van der Waals surface area contributed by atoms with Gasteiger partial charge in [0, 0.05) is 26.3 Å². The standard InChI is InChI=1S/C11H13N5O/c1-7-5-16(6-7)11(17)8-3-9-10(12-4-8)15(2)14-13-9/h3-4,7H,5-6H2,1-2H3. The summed E-state index contributed by atoms with van der Waals surface area (Å²) in [4.78, 5) is 18.1. The minimum atomic E-state index is 0.0307. The maximum Gasteiger partial charge on any atom is 0.255 e. The molecule has 1 aliphatic heterocycles. The van der Waals surface area contributed by atoms with E-state index in [-0.39, 0.29) is 5.91 Å². The zero-order valence-electron chi connectivity index (χ0n) is 9.79. The van der Waals surface area contributed by atoms with Crippen LogP contribution >= 0.6 is 0 Å². The monoisotopic (exact) mass is 231 g/mol. The third-order valence-electron chi connectivity index (χ3n) is 3.04. The van der Waals surface area contributed by atoms with E-state index in [9.17, 15) is 4.79 Å². The molecule has 0 aromatic carbocycles. The van der Waals surface area contributed by atoms with Gasteiger partial charge in [0.05, 0.1) is 5.56 Å². The minimum absolute atomic E-state index is 0.0307. The SMILES string of the molecule is CC1CN(C(=O)c2cnc3c(c2)nnn3C)C1. The van der Waals surface area contributed by atoms with E-state index >= 15 is 0 Å². The van der Waals surface area contributed by atoms with Crippen molar-refractivity contribution in [3.05, 3.63) is 17.8 Å². The molecule has 0 N–H and O–H groups in total. The summed E-state index contributed by atoms with van der Waals surface area (Å²) >= 11 is 0. The topological polar surface area (TPSA) is 63.9 Å². The Bertz CT molecular complexity index is 585. The van der Waals surface area contributed by atoms with Gasteiger partial charge in [-0.05, 0) is 12.0 Å². The van der Waals surface area contributed by atoms with E-state index in [0.717, 1.165) is 13.1 Å². The zero-order valence-corrected chi connectivity index (χ0v) is 9.79. The number of carbonyl (C=O) groups excluding carboxylic acids is 1. The van der Waals surface area contributed by atoms with E-state index in [4.69, 9.17) is 0 Å². The second-order valence-corrected chi connectivity index (χ2v) is 4.60. The van der Waals surface area contributed by atoms with Crippen LogP contribution in [0.15, 0.2) is 12.3 Å². The maximum absolute atomic E-state index is 12.1. The molecule has 6 heteroatoms.